The first-order valence-corrected chi connectivity index (χ1v) is 10.3. The molecule has 0 aliphatic carbocycles. The third kappa shape index (κ3) is 4.01. The predicted molar refractivity (Wildman–Crippen MR) is 117 cm³/mol. The SMILES string of the molecule is N#Cc1ccccc1-c1ccc(/C=C2\SC(=O)N(Cc3ccc(Cl)cc3Cl)C2=O)o1. The number of nitriles is 1. The zero-order valence-electron chi connectivity index (χ0n) is 15.3. The number of amides is 2. The van der Waals surface area contributed by atoms with Crippen molar-refractivity contribution in [1.82, 2.24) is 4.90 Å². The van der Waals surface area contributed by atoms with E-state index < -0.39 is 5.91 Å². The molecule has 148 valence electrons. The summed E-state index contributed by atoms with van der Waals surface area (Å²) >= 11 is 12.9. The minimum Gasteiger partial charge on any atom is -0.457 e. The van der Waals surface area contributed by atoms with Crippen molar-refractivity contribution in [2.75, 3.05) is 0 Å². The Kier molecular flexibility index (Phi) is 5.69. The Morgan fingerprint density at radius 2 is 1.90 bits per heavy atom. The lowest BCUT2D eigenvalue weighted by Crippen LogP contribution is -2.27. The van der Waals surface area contributed by atoms with Crippen LogP contribution in [0.4, 0.5) is 4.79 Å². The van der Waals surface area contributed by atoms with Crippen molar-refractivity contribution in [2.45, 2.75) is 6.54 Å². The zero-order valence-corrected chi connectivity index (χ0v) is 17.6. The molecule has 0 unspecified atom stereocenters. The van der Waals surface area contributed by atoms with Gasteiger partial charge in [0.15, 0.2) is 0 Å². The van der Waals surface area contributed by atoms with Crippen LogP contribution in [0.2, 0.25) is 10.0 Å². The monoisotopic (exact) mass is 454 g/mol. The summed E-state index contributed by atoms with van der Waals surface area (Å²) in [5, 5.41) is 9.73. The number of nitrogens with zero attached hydrogens (tertiary/aromatic N) is 2. The average molecular weight is 455 g/mol. The molecule has 5 nitrogen and oxygen atoms in total. The van der Waals surface area contributed by atoms with Gasteiger partial charge >= 0.3 is 0 Å². The Labute approximate surface area is 186 Å². The standard InChI is InChI=1S/C22H12Cl2N2O3S/c23-15-6-5-14(18(24)9-15)12-26-21(27)20(30-22(26)28)10-16-7-8-19(29-16)17-4-2-1-3-13(17)11-25/h1-10H,12H2/b20-10-. The highest BCUT2D eigenvalue weighted by molar-refractivity contribution is 8.18. The lowest BCUT2D eigenvalue weighted by molar-refractivity contribution is -0.123. The van der Waals surface area contributed by atoms with Crippen molar-refractivity contribution < 1.29 is 14.0 Å². The van der Waals surface area contributed by atoms with Gasteiger partial charge in [-0.15, -0.1) is 0 Å². The van der Waals surface area contributed by atoms with Gasteiger partial charge in [0, 0.05) is 21.7 Å². The van der Waals surface area contributed by atoms with Gasteiger partial charge in [-0.25, -0.2) is 0 Å². The van der Waals surface area contributed by atoms with Crippen molar-refractivity contribution >= 4 is 52.2 Å². The van der Waals surface area contributed by atoms with E-state index >= 15 is 0 Å². The second kappa shape index (κ2) is 8.41. The Hall–Kier alpha value is -2.98. The molecular formula is C22H12Cl2N2O3S. The van der Waals surface area contributed by atoms with Crippen LogP contribution in [0.15, 0.2) is 63.9 Å². The highest BCUT2D eigenvalue weighted by Crippen LogP contribution is 2.35. The number of rotatable bonds is 4. The fourth-order valence-corrected chi connectivity index (χ4v) is 4.24. The molecule has 1 saturated heterocycles. The molecule has 8 heteroatoms. The van der Waals surface area contributed by atoms with Gasteiger partial charge in [0.1, 0.15) is 11.5 Å². The van der Waals surface area contributed by atoms with E-state index in [1.807, 2.05) is 6.07 Å². The summed E-state index contributed by atoms with van der Waals surface area (Å²) in [6, 6.07) is 17.5. The summed E-state index contributed by atoms with van der Waals surface area (Å²) in [6.45, 7) is 0.0525. The Morgan fingerprint density at radius 3 is 2.67 bits per heavy atom. The largest absolute Gasteiger partial charge is 0.457 e. The van der Waals surface area contributed by atoms with Crippen molar-refractivity contribution in [3.8, 4) is 17.4 Å². The maximum Gasteiger partial charge on any atom is 0.293 e. The molecule has 0 radical (unpaired) electrons. The minimum absolute atomic E-state index is 0.0525. The normalized spacial score (nSPS) is 15.1. The molecule has 1 aliphatic heterocycles. The van der Waals surface area contributed by atoms with E-state index in [0.29, 0.717) is 38.3 Å². The Bertz CT molecular complexity index is 1240. The molecule has 0 atom stereocenters. The lowest BCUT2D eigenvalue weighted by atomic mass is 10.1. The molecule has 2 aromatic carbocycles. The fourth-order valence-electron chi connectivity index (χ4n) is 2.96. The zero-order chi connectivity index (χ0) is 21.3. The van der Waals surface area contributed by atoms with Gasteiger partial charge in [-0.3, -0.25) is 14.5 Å². The van der Waals surface area contributed by atoms with Crippen molar-refractivity contribution in [3.63, 3.8) is 0 Å². The van der Waals surface area contributed by atoms with Crippen molar-refractivity contribution in [1.29, 1.82) is 5.26 Å². The van der Waals surface area contributed by atoms with E-state index in [9.17, 15) is 14.9 Å². The molecule has 2 amide bonds. The average Bonchev–Trinajstić information content (AvgIpc) is 3.30. The van der Waals surface area contributed by atoms with E-state index in [1.165, 1.54) is 6.08 Å². The number of hydrogen-bond donors (Lipinski definition) is 0. The molecule has 0 spiro atoms. The number of imide groups is 1. The lowest BCUT2D eigenvalue weighted by Gasteiger charge is -2.13. The Morgan fingerprint density at radius 1 is 1.10 bits per heavy atom. The Balaban J connectivity index is 1.57. The van der Waals surface area contributed by atoms with Gasteiger partial charge in [-0.1, -0.05) is 41.4 Å². The van der Waals surface area contributed by atoms with E-state index in [1.54, 1.807) is 48.5 Å². The summed E-state index contributed by atoms with van der Waals surface area (Å²) < 4.78 is 5.78. The third-order valence-corrected chi connectivity index (χ3v) is 5.92. The van der Waals surface area contributed by atoms with Crippen LogP contribution in [0.25, 0.3) is 17.4 Å². The van der Waals surface area contributed by atoms with Gasteiger partial charge in [-0.05, 0) is 53.7 Å². The summed E-state index contributed by atoms with van der Waals surface area (Å²) in [5.74, 6) is 0.490. The summed E-state index contributed by atoms with van der Waals surface area (Å²) in [6.07, 6.45) is 1.52. The van der Waals surface area contributed by atoms with E-state index in [-0.39, 0.29) is 16.7 Å². The third-order valence-electron chi connectivity index (χ3n) is 4.43. The number of carbonyl (C=O) groups excluding carboxylic acids is 2. The quantitative estimate of drug-likeness (QED) is 0.428. The van der Waals surface area contributed by atoms with Crippen LogP contribution < -0.4 is 0 Å². The summed E-state index contributed by atoms with van der Waals surface area (Å²) in [5.41, 5.74) is 1.77. The first-order valence-electron chi connectivity index (χ1n) is 8.75. The van der Waals surface area contributed by atoms with Gasteiger partial charge in [-0.2, -0.15) is 5.26 Å². The predicted octanol–water partition coefficient (Wildman–Crippen LogP) is 6.36. The van der Waals surface area contributed by atoms with E-state index in [0.717, 1.165) is 16.7 Å². The molecule has 0 bridgehead atoms. The molecule has 30 heavy (non-hydrogen) atoms. The van der Waals surface area contributed by atoms with Crippen LogP contribution in [0, 0.1) is 11.3 Å². The van der Waals surface area contributed by atoms with Crippen LogP contribution in [-0.2, 0) is 11.3 Å². The summed E-state index contributed by atoms with van der Waals surface area (Å²) in [4.78, 5) is 26.5. The maximum absolute atomic E-state index is 12.7. The number of benzene rings is 2. The molecule has 0 N–H and O–H groups in total. The first-order chi connectivity index (χ1) is 14.5. The number of hydrogen-bond acceptors (Lipinski definition) is 5. The molecule has 0 saturated carbocycles. The van der Waals surface area contributed by atoms with Crippen LogP contribution in [0.5, 0.6) is 0 Å². The molecule has 4 rings (SSSR count). The van der Waals surface area contributed by atoms with Crippen molar-refractivity contribution in [3.05, 3.63) is 86.4 Å². The van der Waals surface area contributed by atoms with Gasteiger partial charge in [0.05, 0.1) is 23.1 Å². The molecule has 1 fully saturated rings. The minimum atomic E-state index is -0.425. The van der Waals surface area contributed by atoms with Crippen molar-refractivity contribution in [2.24, 2.45) is 0 Å². The second-order valence-electron chi connectivity index (χ2n) is 6.36. The van der Waals surface area contributed by atoms with Crippen LogP contribution in [0.3, 0.4) is 0 Å². The molecule has 3 aromatic rings. The van der Waals surface area contributed by atoms with Gasteiger partial charge < -0.3 is 4.42 Å². The number of furan rings is 1. The summed E-state index contributed by atoms with van der Waals surface area (Å²) in [7, 11) is 0. The number of halogens is 2. The number of carbonyl (C=O) groups is 2. The van der Waals surface area contributed by atoms with Gasteiger partial charge in [0.25, 0.3) is 11.1 Å². The second-order valence-corrected chi connectivity index (χ2v) is 8.20. The maximum atomic E-state index is 12.7. The first kappa shape index (κ1) is 20.3. The highest BCUT2D eigenvalue weighted by Gasteiger charge is 2.35. The topological polar surface area (TPSA) is 74.3 Å². The highest BCUT2D eigenvalue weighted by atomic mass is 35.5. The van der Waals surface area contributed by atoms with Crippen LogP contribution in [0.1, 0.15) is 16.9 Å². The van der Waals surface area contributed by atoms with Gasteiger partial charge in [0.2, 0.25) is 0 Å². The number of thioether (sulfide) groups is 1. The fraction of sp³-hybridized carbons (Fsp3) is 0.0455. The van der Waals surface area contributed by atoms with Crippen LogP contribution in [-0.4, -0.2) is 16.0 Å². The van der Waals surface area contributed by atoms with E-state index in [2.05, 4.69) is 6.07 Å². The molecule has 1 aliphatic rings. The smallest absolute Gasteiger partial charge is 0.293 e. The molecular weight excluding hydrogens is 443 g/mol. The van der Waals surface area contributed by atoms with Crippen LogP contribution >= 0.6 is 35.0 Å². The molecule has 2 heterocycles. The molecule has 1 aromatic heterocycles. The van der Waals surface area contributed by atoms with E-state index in [4.69, 9.17) is 27.6 Å².